The van der Waals surface area contributed by atoms with E-state index in [9.17, 15) is 9.59 Å². The first-order valence-electron chi connectivity index (χ1n) is 8.96. The van der Waals surface area contributed by atoms with Crippen LogP contribution in [-0.2, 0) is 9.59 Å². The van der Waals surface area contributed by atoms with E-state index in [1.54, 1.807) is 29.2 Å². The van der Waals surface area contributed by atoms with Crippen LogP contribution >= 0.6 is 11.8 Å². The molecule has 3 rings (SSSR count). The third kappa shape index (κ3) is 4.97. The standard InChI is InChI=1S/C21H21N3O4S/c1-3-24-20(26)18(29-21(24)23-15-7-5-4-6-8-15)12-14-9-10-16(17(11-14)27-2)28-13-19(22)25/h4-12H,3,13H2,1-2H3,(H2,22,25)/b18-12+,23-21?. The number of carbonyl (C=O) groups excluding carboxylic acids is 2. The zero-order valence-electron chi connectivity index (χ0n) is 16.1. The van der Waals surface area contributed by atoms with Crippen molar-refractivity contribution in [2.75, 3.05) is 20.3 Å². The normalized spacial score (nSPS) is 16.5. The monoisotopic (exact) mass is 411 g/mol. The van der Waals surface area contributed by atoms with Crippen molar-refractivity contribution in [3.8, 4) is 11.5 Å². The van der Waals surface area contributed by atoms with Crippen LogP contribution in [0.1, 0.15) is 12.5 Å². The Morgan fingerprint density at radius 1 is 1.21 bits per heavy atom. The Morgan fingerprint density at radius 3 is 2.62 bits per heavy atom. The van der Waals surface area contributed by atoms with E-state index in [4.69, 9.17) is 15.2 Å². The van der Waals surface area contributed by atoms with Gasteiger partial charge < -0.3 is 15.2 Å². The number of primary amides is 1. The maximum absolute atomic E-state index is 12.8. The second kappa shape index (κ2) is 9.29. The molecule has 2 aromatic carbocycles. The molecule has 1 fully saturated rings. The van der Waals surface area contributed by atoms with Crippen molar-refractivity contribution in [1.82, 2.24) is 4.90 Å². The van der Waals surface area contributed by atoms with Crippen LogP contribution in [-0.4, -0.2) is 42.1 Å². The van der Waals surface area contributed by atoms with E-state index >= 15 is 0 Å². The van der Waals surface area contributed by atoms with Gasteiger partial charge in [-0.25, -0.2) is 4.99 Å². The van der Waals surface area contributed by atoms with Crippen LogP contribution in [0.3, 0.4) is 0 Å². The number of carbonyl (C=O) groups is 2. The van der Waals surface area contributed by atoms with Gasteiger partial charge in [0.15, 0.2) is 23.3 Å². The van der Waals surface area contributed by atoms with E-state index < -0.39 is 5.91 Å². The minimum Gasteiger partial charge on any atom is -0.493 e. The number of amides is 2. The minimum absolute atomic E-state index is 0.0970. The smallest absolute Gasteiger partial charge is 0.266 e. The number of amidine groups is 1. The Kier molecular flexibility index (Phi) is 6.56. The number of para-hydroxylation sites is 1. The van der Waals surface area contributed by atoms with Gasteiger partial charge in [-0.15, -0.1) is 0 Å². The zero-order valence-corrected chi connectivity index (χ0v) is 16.9. The van der Waals surface area contributed by atoms with Gasteiger partial charge in [0, 0.05) is 6.54 Å². The first-order valence-corrected chi connectivity index (χ1v) is 9.77. The van der Waals surface area contributed by atoms with Crippen molar-refractivity contribution >= 4 is 40.5 Å². The number of rotatable bonds is 7. The Morgan fingerprint density at radius 2 is 1.97 bits per heavy atom. The van der Waals surface area contributed by atoms with Gasteiger partial charge >= 0.3 is 0 Å². The summed E-state index contributed by atoms with van der Waals surface area (Å²) in [7, 11) is 1.50. The zero-order chi connectivity index (χ0) is 20.8. The fourth-order valence-electron chi connectivity index (χ4n) is 2.68. The highest BCUT2D eigenvalue weighted by Crippen LogP contribution is 2.35. The van der Waals surface area contributed by atoms with E-state index in [0.29, 0.717) is 28.1 Å². The van der Waals surface area contributed by atoms with E-state index in [1.165, 1.54) is 18.9 Å². The molecule has 29 heavy (non-hydrogen) atoms. The van der Waals surface area contributed by atoms with Crippen LogP contribution in [0.25, 0.3) is 6.08 Å². The van der Waals surface area contributed by atoms with Gasteiger partial charge in [-0.1, -0.05) is 24.3 Å². The van der Waals surface area contributed by atoms with Crippen LogP contribution in [0.15, 0.2) is 58.4 Å². The van der Waals surface area contributed by atoms with Gasteiger partial charge in [0.1, 0.15) is 0 Å². The van der Waals surface area contributed by atoms with Crippen molar-refractivity contribution in [3.05, 3.63) is 59.0 Å². The molecule has 2 amide bonds. The van der Waals surface area contributed by atoms with Gasteiger partial charge in [-0.2, -0.15) is 0 Å². The second-order valence-electron chi connectivity index (χ2n) is 6.06. The highest BCUT2D eigenvalue weighted by molar-refractivity contribution is 8.18. The Hall–Kier alpha value is -3.26. The molecule has 0 bridgehead atoms. The molecule has 0 unspecified atom stereocenters. The Labute approximate surface area is 173 Å². The lowest BCUT2D eigenvalue weighted by Gasteiger charge is -2.12. The van der Waals surface area contributed by atoms with Crippen LogP contribution < -0.4 is 15.2 Å². The molecular weight excluding hydrogens is 390 g/mol. The van der Waals surface area contributed by atoms with E-state index in [2.05, 4.69) is 4.99 Å². The third-order valence-electron chi connectivity index (χ3n) is 4.04. The maximum Gasteiger partial charge on any atom is 0.266 e. The predicted octanol–water partition coefficient (Wildman–Crippen LogP) is 3.18. The summed E-state index contributed by atoms with van der Waals surface area (Å²) in [6.45, 7) is 2.20. The van der Waals surface area contributed by atoms with Crippen LogP contribution in [0.5, 0.6) is 11.5 Å². The number of hydrogen-bond donors (Lipinski definition) is 1. The van der Waals surface area contributed by atoms with Gasteiger partial charge in [-0.05, 0) is 54.6 Å². The fourth-order valence-corrected chi connectivity index (χ4v) is 3.74. The lowest BCUT2D eigenvalue weighted by Crippen LogP contribution is -2.28. The minimum atomic E-state index is -0.573. The number of nitrogens with zero attached hydrogens (tertiary/aromatic N) is 2. The summed E-state index contributed by atoms with van der Waals surface area (Å²) in [4.78, 5) is 30.5. The summed E-state index contributed by atoms with van der Waals surface area (Å²) in [5, 5.41) is 0.642. The molecule has 1 saturated heterocycles. The number of methoxy groups -OCH3 is 1. The van der Waals surface area contributed by atoms with Crippen molar-refractivity contribution < 1.29 is 19.1 Å². The number of thioether (sulfide) groups is 1. The molecule has 0 aromatic heterocycles. The van der Waals surface area contributed by atoms with E-state index in [1.807, 2.05) is 37.3 Å². The molecule has 0 saturated carbocycles. The SMILES string of the molecule is CCN1C(=O)/C(=C\c2ccc(OCC(N)=O)c(OC)c2)SC1=Nc1ccccc1. The fraction of sp³-hybridized carbons (Fsp3) is 0.190. The van der Waals surface area contributed by atoms with Crippen LogP contribution in [0.4, 0.5) is 5.69 Å². The van der Waals surface area contributed by atoms with E-state index in [0.717, 1.165) is 11.3 Å². The van der Waals surface area contributed by atoms with Gasteiger partial charge in [0.25, 0.3) is 11.8 Å². The largest absolute Gasteiger partial charge is 0.493 e. The number of nitrogens with two attached hydrogens (primary N) is 1. The van der Waals surface area contributed by atoms with Crippen molar-refractivity contribution in [3.63, 3.8) is 0 Å². The number of hydrogen-bond acceptors (Lipinski definition) is 6. The van der Waals surface area contributed by atoms with Crippen LogP contribution in [0, 0.1) is 0 Å². The first-order chi connectivity index (χ1) is 14.0. The molecule has 2 aromatic rings. The highest BCUT2D eigenvalue weighted by atomic mass is 32.2. The first kappa shape index (κ1) is 20.5. The lowest BCUT2D eigenvalue weighted by atomic mass is 10.2. The summed E-state index contributed by atoms with van der Waals surface area (Å²) < 4.78 is 10.7. The summed E-state index contributed by atoms with van der Waals surface area (Å²) in [5.74, 6) is 0.179. The second-order valence-corrected chi connectivity index (χ2v) is 7.06. The van der Waals surface area contributed by atoms with Gasteiger partial charge in [0.05, 0.1) is 17.7 Å². The summed E-state index contributed by atoms with van der Waals surface area (Å²) in [6.07, 6.45) is 1.78. The quantitative estimate of drug-likeness (QED) is 0.706. The summed E-state index contributed by atoms with van der Waals surface area (Å²) >= 11 is 1.33. The number of aliphatic imine (C=N–C) groups is 1. The van der Waals surface area contributed by atoms with Crippen LogP contribution in [0.2, 0.25) is 0 Å². The lowest BCUT2D eigenvalue weighted by molar-refractivity contribution is -0.122. The third-order valence-corrected chi connectivity index (χ3v) is 5.05. The Balaban J connectivity index is 1.87. The molecule has 7 nitrogen and oxygen atoms in total. The predicted molar refractivity (Wildman–Crippen MR) is 114 cm³/mol. The summed E-state index contributed by atoms with van der Waals surface area (Å²) in [6, 6.07) is 14.7. The van der Waals surface area contributed by atoms with Gasteiger partial charge in [0.2, 0.25) is 0 Å². The van der Waals surface area contributed by atoms with Crippen molar-refractivity contribution in [1.29, 1.82) is 0 Å². The summed E-state index contributed by atoms with van der Waals surface area (Å²) in [5.41, 5.74) is 6.67. The molecule has 0 aliphatic carbocycles. The Bertz CT molecular complexity index is 973. The molecule has 0 spiro atoms. The number of benzene rings is 2. The average molecular weight is 411 g/mol. The number of likely N-dealkylation sites (N-methyl/N-ethyl adjacent to an activating group) is 1. The van der Waals surface area contributed by atoms with Crippen molar-refractivity contribution in [2.45, 2.75) is 6.92 Å². The molecule has 1 heterocycles. The molecule has 0 radical (unpaired) electrons. The molecule has 1 aliphatic heterocycles. The highest BCUT2D eigenvalue weighted by Gasteiger charge is 2.32. The molecule has 2 N–H and O–H groups in total. The molecule has 8 heteroatoms. The molecule has 150 valence electrons. The maximum atomic E-state index is 12.8. The van der Waals surface area contributed by atoms with Crippen molar-refractivity contribution in [2.24, 2.45) is 10.7 Å². The number of ether oxygens (including phenoxy) is 2. The average Bonchev–Trinajstić information content (AvgIpc) is 3.01. The molecular formula is C21H21N3O4S. The van der Waals surface area contributed by atoms with E-state index in [-0.39, 0.29) is 12.5 Å². The topological polar surface area (TPSA) is 94.2 Å². The molecule has 1 aliphatic rings. The van der Waals surface area contributed by atoms with Gasteiger partial charge in [-0.3, -0.25) is 14.5 Å². The molecule has 0 atom stereocenters.